The van der Waals surface area contributed by atoms with Gasteiger partial charge in [0.2, 0.25) is 0 Å². The monoisotopic (exact) mass is 487 g/mol. The molecule has 0 amide bonds. The lowest BCUT2D eigenvalue weighted by Crippen LogP contribution is -2.20. The maximum Gasteiger partial charge on any atom is 0.282 e. The van der Waals surface area contributed by atoms with Gasteiger partial charge >= 0.3 is 0 Å². The highest BCUT2D eigenvalue weighted by atomic mass is 79.9. The fraction of sp³-hybridized carbons (Fsp3) is 0. The molecule has 2 heterocycles. The summed E-state index contributed by atoms with van der Waals surface area (Å²) in [6.45, 7) is 0. The Labute approximate surface area is 190 Å². The summed E-state index contributed by atoms with van der Waals surface area (Å²) in [6.07, 6.45) is 1.42. The Balaban J connectivity index is 1.59. The molecule has 0 aliphatic rings. The number of aromatic nitrogens is 2. The standard InChI is InChI=1S/C25H15BrFN3O2/c26-17-10-12-19(21(27)14-17)23-13-11-18(32-23)15-28-30-24(16-6-2-1-3-7-16)29-22-9-5-4-8-20(22)25(30)31/h1-15H. The molecule has 0 aliphatic heterocycles. The average Bonchev–Trinajstić information content (AvgIpc) is 3.27. The van der Waals surface area contributed by atoms with Crippen LogP contribution >= 0.6 is 15.9 Å². The zero-order chi connectivity index (χ0) is 22.1. The molecule has 7 heteroatoms. The molecule has 156 valence electrons. The third-order valence-electron chi connectivity index (χ3n) is 4.91. The van der Waals surface area contributed by atoms with Crippen molar-refractivity contribution in [1.82, 2.24) is 9.66 Å². The van der Waals surface area contributed by atoms with Crippen LogP contribution in [0.25, 0.3) is 33.6 Å². The van der Waals surface area contributed by atoms with Crippen molar-refractivity contribution < 1.29 is 8.81 Å². The van der Waals surface area contributed by atoms with Gasteiger partial charge in [-0.2, -0.15) is 9.78 Å². The van der Waals surface area contributed by atoms with Gasteiger partial charge in [-0.3, -0.25) is 4.79 Å². The molecule has 0 unspecified atom stereocenters. The second kappa shape index (κ2) is 8.36. The predicted molar refractivity (Wildman–Crippen MR) is 126 cm³/mol. The van der Waals surface area contributed by atoms with Crippen LogP contribution < -0.4 is 5.56 Å². The highest BCUT2D eigenvalue weighted by Crippen LogP contribution is 2.27. The van der Waals surface area contributed by atoms with Gasteiger partial charge in [0.05, 0.1) is 22.7 Å². The third-order valence-corrected chi connectivity index (χ3v) is 5.40. The predicted octanol–water partition coefficient (Wildman–Crippen LogP) is 6.11. The van der Waals surface area contributed by atoms with E-state index in [2.05, 4.69) is 26.0 Å². The van der Waals surface area contributed by atoms with Crippen molar-refractivity contribution in [2.75, 3.05) is 0 Å². The minimum absolute atomic E-state index is 0.295. The summed E-state index contributed by atoms with van der Waals surface area (Å²) in [5.41, 5.74) is 1.39. The molecule has 0 bridgehead atoms. The lowest BCUT2D eigenvalue weighted by Gasteiger charge is -2.09. The van der Waals surface area contributed by atoms with Crippen LogP contribution in [0.1, 0.15) is 5.76 Å². The molecule has 0 fully saturated rings. The second-order valence-electron chi connectivity index (χ2n) is 7.01. The lowest BCUT2D eigenvalue weighted by atomic mass is 10.1. The first kappa shape index (κ1) is 20.1. The van der Waals surface area contributed by atoms with E-state index >= 15 is 0 Å². The third kappa shape index (κ3) is 3.78. The molecule has 0 spiro atoms. The molecule has 0 radical (unpaired) electrons. The molecule has 5 aromatic rings. The number of furan rings is 1. The molecule has 3 aromatic carbocycles. The van der Waals surface area contributed by atoms with Crippen molar-refractivity contribution in [1.29, 1.82) is 0 Å². The maximum atomic E-state index is 14.3. The average molecular weight is 488 g/mol. The molecular weight excluding hydrogens is 473 g/mol. The van der Waals surface area contributed by atoms with Crippen LogP contribution in [-0.2, 0) is 0 Å². The molecule has 5 nitrogen and oxygen atoms in total. The fourth-order valence-electron chi connectivity index (χ4n) is 3.38. The minimum Gasteiger partial charge on any atom is -0.455 e. The van der Waals surface area contributed by atoms with E-state index in [4.69, 9.17) is 4.42 Å². The largest absolute Gasteiger partial charge is 0.455 e. The number of benzene rings is 3. The van der Waals surface area contributed by atoms with Gasteiger partial charge in [-0.05, 0) is 42.5 Å². The van der Waals surface area contributed by atoms with Crippen LogP contribution in [0.3, 0.4) is 0 Å². The summed E-state index contributed by atoms with van der Waals surface area (Å²) >= 11 is 3.24. The van der Waals surface area contributed by atoms with Crippen molar-refractivity contribution in [3.63, 3.8) is 0 Å². The first-order chi connectivity index (χ1) is 15.6. The van der Waals surface area contributed by atoms with E-state index in [0.717, 1.165) is 5.56 Å². The van der Waals surface area contributed by atoms with Crippen molar-refractivity contribution in [2.45, 2.75) is 0 Å². The van der Waals surface area contributed by atoms with Gasteiger partial charge in [0.25, 0.3) is 5.56 Å². The van der Waals surface area contributed by atoms with Gasteiger partial charge in [-0.15, -0.1) is 0 Å². The highest BCUT2D eigenvalue weighted by Gasteiger charge is 2.13. The normalized spacial score (nSPS) is 11.4. The molecule has 5 rings (SSSR count). The van der Waals surface area contributed by atoms with E-state index < -0.39 is 5.82 Å². The summed E-state index contributed by atoms with van der Waals surface area (Å²) in [4.78, 5) is 17.8. The molecule has 2 aromatic heterocycles. The van der Waals surface area contributed by atoms with Gasteiger partial charge < -0.3 is 4.42 Å². The Morgan fingerprint density at radius 2 is 1.75 bits per heavy atom. The first-order valence-electron chi connectivity index (χ1n) is 9.77. The van der Waals surface area contributed by atoms with Gasteiger partial charge in [-0.1, -0.05) is 58.4 Å². The molecular formula is C25H15BrFN3O2. The molecule has 0 saturated heterocycles. The summed E-state index contributed by atoms with van der Waals surface area (Å²) in [7, 11) is 0. The summed E-state index contributed by atoms with van der Waals surface area (Å²) in [5, 5.41) is 4.83. The molecule has 0 atom stereocenters. The SMILES string of the molecule is O=c1c2ccccc2nc(-c2ccccc2)n1N=Cc1ccc(-c2ccc(Br)cc2F)o1. The molecule has 0 N–H and O–H groups in total. The van der Waals surface area contributed by atoms with E-state index in [9.17, 15) is 9.18 Å². The van der Waals surface area contributed by atoms with Gasteiger partial charge in [0, 0.05) is 10.0 Å². The van der Waals surface area contributed by atoms with Crippen molar-refractivity contribution in [2.24, 2.45) is 5.10 Å². The Hall–Kier alpha value is -3.84. The Kier molecular flexibility index (Phi) is 5.25. The number of rotatable bonds is 4. The van der Waals surface area contributed by atoms with Crippen molar-refractivity contribution >= 4 is 33.0 Å². The lowest BCUT2D eigenvalue weighted by molar-refractivity contribution is 0.562. The second-order valence-corrected chi connectivity index (χ2v) is 7.92. The van der Waals surface area contributed by atoms with E-state index in [1.165, 1.54) is 17.0 Å². The number of halogens is 2. The van der Waals surface area contributed by atoms with E-state index in [1.807, 2.05) is 36.4 Å². The van der Waals surface area contributed by atoms with Crippen LogP contribution in [0.2, 0.25) is 0 Å². The van der Waals surface area contributed by atoms with E-state index in [-0.39, 0.29) is 5.56 Å². The van der Waals surface area contributed by atoms with E-state index in [0.29, 0.717) is 38.3 Å². The fourth-order valence-corrected chi connectivity index (χ4v) is 3.71. The first-order valence-corrected chi connectivity index (χ1v) is 10.6. The van der Waals surface area contributed by atoms with Crippen LogP contribution in [0.15, 0.2) is 104 Å². The summed E-state index contributed by atoms with van der Waals surface area (Å²) in [5.74, 6) is 0.750. The van der Waals surface area contributed by atoms with Crippen LogP contribution in [0.4, 0.5) is 4.39 Å². The van der Waals surface area contributed by atoms with Crippen LogP contribution in [0.5, 0.6) is 0 Å². The molecule has 0 aliphatic carbocycles. The minimum atomic E-state index is -0.404. The summed E-state index contributed by atoms with van der Waals surface area (Å²) < 4.78 is 21.9. The van der Waals surface area contributed by atoms with Crippen molar-refractivity contribution in [3.8, 4) is 22.7 Å². The topological polar surface area (TPSA) is 60.4 Å². The van der Waals surface area contributed by atoms with E-state index in [1.54, 1.807) is 42.5 Å². The maximum absolute atomic E-state index is 14.3. The number of fused-ring (bicyclic) bond motifs is 1. The zero-order valence-electron chi connectivity index (χ0n) is 16.6. The van der Waals surface area contributed by atoms with Gasteiger partial charge in [-0.25, -0.2) is 9.37 Å². The Morgan fingerprint density at radius 3 is 2.56 bits per heavy atom. The van der Waals surface area contributed by atoms with Crippen LogP contribution in [-0.4, -0.2) is 15.9 Å². The molecule has 32 heavy (non-hydrogen) atoms. The Morgan fingerprint density at radius 1 is 0.969 bits per heavy atom. The Bertz CT molecular complexity index is 1520. The number of hydrogen-bond donors (Lipinski definition) is 0. The van der Waals surface area contributed by atoms with Gasteiger partial charge in [0.15, 0.2) is 5.82 Å². The number of para-hydroxylation sites is 1. The zero-order valence-corrected chi connectivity index (χ0v) is 18.2. The smallest absolute Gasteiger partial charge is 0.282 e. The van der Waals surface area contributed by atoms with Crippen molar-refractivity contribution in [3.05, 3.63) is 111 Å². The quantitative estimate of drug-likeness (QED) is 0.287. The highest BCUT2D eigenvalue weighted by molar-refractivity contribution is 9.10. The summed E-state index contributed by atoms with van der Waals surface area (Å²) in [6, 6.07) is 24.6. The van der Waals surface area contributed by atoms with Gasteiger partial charge in [0.1, 0.15) is 17.3 Å². The number of nitrogens with zero attached hydrogens (tertiary/aromatic N) is 3. The number of hydrogen-bond acceptors (Lipinski definition) is 4. The van der Waals surface area contributed by atoms with Crippen LogP contribution in [0, 0.1) is 5.82 Å². The molecule has 0 saturated carbocycles.